The van der Waals surface area contributed by atoms with Crippen molar-refractivity contribution in [3.63, 3.8) is 0 Å². The van der Waals surface area contributed by atoms with E-state index in [1.54, 1.807) is 34.3 Å². The van der Waals surface area contributed by atoms with Crippen molar-refractivity contribution in [1.82, 2.24) is 9.80 Å². The first kappa shape index (κ1) is 15.0. The number of aryl methyl sites for hydroxylation is 1. The second kappa shape index (κ2) is 6.22. The van der Waals surface area contributed by atoms with Crippen LogP contribution in [0.15, 0.2) is 18.2 Å². The molecule has 2 amide bonds. The quantitative estimate of drug-likeness (QED) is 0.888. The van der Waals surface area contributed by atoms with Gasteiger partial charge in [-0.25, -0.2) is 0 Å². The van der Waals surface area contributed by atoms with Crippen molar-refractivity contribution in [1.29, 1.82) is 0 Å². The number of anilines is 1. The van der Waals surface area contributed by atoms with Crippen molar-refractivity contribution in [2.45, 2.75) is 6.92 Å². The van der Waals surface area contributed by atoms with E-state index >= 15 is 0 Å². The van der Waals surface area contributed by atoms with Crippen LogP contribution >= 0.6 is 0 Å². The van der Waals surface area contributed by atoms with Gasteiger partial charge in [0.25, 0.3) is 5.91 Å². The lowest BCUT2D eigenvalue weighted by atomic mass is 10.1. The maximum absolute atomic E-state index is 12.0. The fourth-order valence-electron chi connectivity index (χ4n) is 1.54. The van der Waals surface area contributed by atoms with E-state index in [0.29, 0.717) is 5.56 Å². The fourth-order valence-corrected chi connectivity index (χ4v) is 1.54. The Balaban J connectivity index is 2.85. The van der Waals surface area contributed by atoms with Gasteiger partial charge < -0.3 is 15.1 Å². The Bertz CT molecular complexity index is 482. The highest BCUT2D eigenvalue weighted by atomic mass is 16.2. The molecule has 0 saturated carbocycles. The van der Waals surface area contributed by atoms with Gasteiger partial charge in [-0.3, -0.25) is 9.59 Å². The molecule has 0 fully saturated rings. The van der Waals surface area contributed by atoms with E-state index in [1.165, 1.54) is 9.80 Å². The van der Waals surface area contributed by atoms with Crippen LogP contribution in [0.2, 0.25) is 0 Å². The monoisotopic (exact) mass is 263 g/mol. The fraction of sp³-hybridized carbons (Fsp3) is 0.429. The van der Waals surface area contributed by atoms with Crippen LogP contribution < -0.4 is 5.32 Å². The highest BCUT2D eigenvalue weighted by Gasteiger charge is 2.12. The van der Waals surface area contributed by atoms with Crippen molar-refractivity contribution in [2.75, 3.05) is 40.1 Å². The molecular formula is C14H21N3O2. The molecule has 0 bridgehead atoms. The van der Waals surface area contributed by atoms with Gasteiger partial charge >= 0.3 is 0 Å². The molecule has 0 aliphatic rings. The average molecular weight is 263 g/mol. The van der Waals surface area contributed by atoms with Gasteiger partial charge in [0, 0.05) is 39.4 Å². The van der Waals surface area contributed by atoms with Crippen LogP contribution in [-0.4, -0.2) is 56.3 Å². The molecule has 0 aromatic heterocycles. The number of carbonyl (C=O) groups is 2. The second-order valence-corrected chi connectivity index (χ2v) is 4.87. The Morgan fingerprint density at radius 2 is 1.74 bits per heavy atom. The molecule has 1 aromatic rings. The molecule has 0 aliphatic heterocycles. The normalized spacial score (nSPS) is 9.95. The van der Waals surface area contributed by atoms with Crippen LogP contribution in [0.4, 0.5) is 5.69 Å². The summed E-state index contributed by atoms with van der Waals surface area (Å²) in [7, 11) is 6.86. The van der Waals surface area contributed by atoms with Gasteiger partial charge in [0.2, 0.25) is 5.91 Å². The number of carbonyl (C=O) groups excluding carboxylic acids is 2. The summed E-state index contributed by atoms with van der Waals surface area (Å²) in [5.74, 6) is -0.0545. The summed E-state index contributed by atoms with van der Waals surface area (Å²) in [6.07, 6.45) is 0. The van der Waals surface area contributed by atoms with Crippen molar-refractivity contribution in [2.24, 2.45) is 0 Å². The lowest BCUT2D eigenvalue weighted by Crippen LogP contribution is -2.28. The Hall–Kier alpha value is -2.04. The number of nitrogens with one attached hydrogen (secondary N) is 1. The lowest BCUT2D eigenvalue weighted by molar-refractivity contribution is -0.126. The van der Waals surface area contributed by atoms with Gasteiger partial charge in [-0.1, -0.05) is 6.07 Å². The highest BCUT2D eigenvalue weighted by molar-refractivity contribution is 5.96. The predicted molar refractivity (Wildman–Crippen MR) is 76.4 cm³/mol. The van der Waals surface area contributed by atoms with Gasteiger partial charge in [-0.2, -0.15) is 0 Å². The number of amides is 2. The maximum Gasteiger partial charge on any atom is 0.253 e. The van der Waals surface area contributed by atoms with Crippen LogP contribution in [0.1, 0.15) is 15.9 Å². The minimum atomic E-state index is -0.0416. The lowest BCUT2D eigenvalue weighted by Gasteiger charge is -2.15. The van der Waals surface area contributed by atoms with Crippen LogP contribution in [-0.2, 0) is 4.79 Å². The molecule has 1 aromatic carbocycles. The first-order chi connectivity index (χ1) is 8.82. The molecule has 0 radical (unpaired) electrons. The summed E-state index contributed by atoms with van der Waals surface area (Å²) in [6.45, 7) is 2.11. The van der Waals surface area contributed by atoms with Crippen molar-refractivity contribution < 1.29 is 9.59 Å². The molecule has 0 aliphatic carbocycles. The van der Waals surface area contributed by atoms with E-state index < -0.39 is 0 Å². The third kappa shape index (κ3) is 3.98. The molecule has 0 spiro atoms. The SMILES string of the molecule is Cc1ccc(NCC(=O)N(C)C)cc1C(=O)N(C)C. The molecular weight excluding hydrogens is 242 g/mol. The molecule has 19 heavy (non-hydrogen) atoms. The number of nitrogens with zero attached hydrogens (tertiary/aromatic N) is 2. The topological polar surface area (TPSA) is 52.7 Å². The minimum Gasteiger partial charge on any atom is -0.376 e. The van der Waals surface area contributed by atoms with Gasteiger partial charge in [-0.05, 0) is 24.6 Å². The molecule has 0 atom stereocenters. The van der Waals surface area contributed by atoms with Crippen molar-refractivity contribution in [3.8, 4) is 0 Å². The van der Waals surface area contributed by atoms with Crippen LogP contribution in [0.25, 0.3) is 0 Å². The molecule has 5 nitrogen and oxygen atoms in total. The van der Waals surface area contributed by atoms with Crippen LogP contribution in [0.5, 0.6) is 0 Å². The van der Waals surface area contributed by atoms with Crippen LogP contribution in [0.3, 0.4) is 0 Å². The van der Waals surface area contributed by atoms with Crippen molar-refractivity contribution >= 4 is 17.5 Å². The molecule has 1 rings (SSSR count). The van der Waals surface area contributed by atoms with E-state index in [-0.39, 0.29) is 18.4 Å². The van der Waals surface area contributed by atoms with E-state index in [1.807, 2.05) is 19.1 Å². The predicted octanol–water partition coefficient (Wildman–Crippen LogP) is 1.20. The first-order valence-corrected chi connectivity index (χ1v) is 6.09. The Labute approximate surface area is 114 Å². The zero-order valence-corrected chi connectivity index (χ0v) is 12.2. The molecule has 0 unspecified atom stereocenters. The van der Waals surface area contributed by atoms with E-state index in [2.05, 4.69) is 5.32 Å². The smallest absolute Gasteiger partial charge is 0.253 e. The van der Waals surface area contributed by atoms with E-state index in [4.69, 9.17) is 0 Å². The summed E-state index contributed by atoms with van der Waals surface area (Å²) in [5.41, 5.74) is 2.33. The van der Waals surface area contributed by atoms with Crippen LogP contribution in [0, 0.1) is 6.92 Å². The Kier molecular flexibility index (Phi) is 4.92. The average Bonchev–Trinajstić information content (AvgIpc) is 2.36. The number of rotatable bonds is 4. The zero-order chi connectivity index (χ0) is 14.6. The Morgan fingerprint density at radius 1 is 1.11 bits per heavy atom. The van der Waals surface area contributed by atoms with Gasteiger partial charge in [0.1, 0.15) is 0 Å². The third-order valence-corrected chi connectivity index (χ3v) is 2.82. The summed E-state index contributed by atoms with van der Waals surface area (Å²) in [5, 5.41) is 3.03. The van der Waals surface area contributed by atoms with Gasteiger partial charge in [-0.15, -0.1) is 0 Å². The second-order valence-electron chi connectivity index (χ2n) is 4.87. The van der Waals surface area contributed by atoms with Gasteiger partial charge in [0.15, 0.2) is 0 Å². The standard InChI is InChI=1S/C14H21N3O2/c1-10-6-7-11(15-9-13(18)16(2)3)8-12(10)14(19)17(4)5/h6-8,15H,9H2,1-5H3. The summed E-state index contributed by atoms with van der Waals surface area (Å²) >= 11 is 0. The summed E-state index contributed by atoms with van der Waals surface area (Å²) < 4.78 is 0. The first-order valence-electron chi connectivity index (χ1n) is 6.09. The van der Waals surface area contributed by atoms with E-state index in [0.717, 1.165) is 11.3 Å². The molecule has 104 valence electrons. The number of hydrogen-bond acceptors (Lipinski definition) is 3. The summed E-state index contributed by atoms with van der Waals surface area (Å²) in [4.78, 5) is 26.5. The highest BCUT2D eigenvalue weighted by Crippen LogP contribution is 2.16. The number of likely N-dealkylation sites (N-methyl/N-ethyl adjacent to an activating group) is 1. The molecule has 1 N–H and O–H groups in total. The zero-order valence-electron chi connectivity index (χ0n) is 12.2. The van der Waals surface area contributed by atoms with Gasteiger partial charge in [0.05, 0.1) is 6.54 Å². The third-order valence-electron chi connectivity index (χ3n) is 2.82. The number of hydrogen-bond donors (Lipinski definition) is 1. The number of benzene rings is 1. The largest absolute Gasteiger partial charge is 0.376 e. The molecule has 0 heterocycles. The molecule has 0 saturated heterocycles. The van der Waals surface area contributed by atoms with E-state index in [9.17, 15) is 9.59 Å². The molecule has 5 heteroatoms. The minimum absolute atomic E-state index is 0.0129. The van der Waals surface area contributed by atoms with Crippen molar-refractivity contribution in [3.05, 3.63) is 29.3 Å². The summed E-state index contributed by atoms with van der Waals surface area (Å²) in [6, 6.07) is 5.52. The maximum atomic E-state index is 12.0. The Morgan fingerprint density at radius 3 is 2.26 bits per heavy atom.